The summed E-state index contributed by atoms with van der Waals surface area (Å²) in [6.45, 7) is 0. The smallest absolute Gasteiger partial charge is 0.269 e. The lowest BCUT2D eigenvalue weighted by molar-refractivity contribution is -0.385. The van der Waals surface area contributed by atoms with Crippen LogP contribution >= 0.6 is 0 Å². The number of allylic oxidation sites excluding steroid dienone is 2. The lowest BCUT2D eigenvalue weighted by atomic mass is 9.80. The van der Waals surface area contributed by atoms with Crippen molar-refractivity contribution in [2.45, 2.75) is 23.3 Å². The first-order valence-electron chi connectivity index (χ1n) is 8.09. The highest BCUT2D eigenvalue weighted by Gasteiger charge is 2.40. The van der Waals surface area contributed by atoms with Crippen LogP contribution in [-0.4, -0.2) is 13.3 Å². The van der Waals surface area contributed by atoms with E-state index in [-0.39, 0.29) is 28.5 Å². The molecule has 3 atom stereocenters. The Hall–Kier alpha value is -2.71. The summed E-state index contributed by atoms with van der Waals surface area (Å²) in [7, 11) is -3.80. The predicted octanol–water partition coefficient (Wildman–Crippen LogP) is 3.04. The van der Waals surface area contributed by atoms with E-state index in [2.05, 4.69) is 0 Å². The summed E-state index contributed by atoms with van der Waals surface area (Å²) in [6, 6.07) is 11.0. The van der Waals surface area contributed by atoms with Gasteiger partial charge in [-0.25, -0.2) is 13.6 Å². The highest BCUT2D eigenvalue weighted by molar-refractivity contribution is 7.89. The summed E-state index contributed by atoms with van der Waals surface area (Å²) in [5, 5.41) is 16.3. The van der Waals surface area contributed by atoms with Crippen molar-refractivity contribution in [1.82, 2.24) is 0 Å². The number of nitrogens with zero attached hydrogens (tertiary/aromatic N) is 1. The predicted molar refractivity (Wildman–Crippen MR) is 94.3 cm³/mol. The molecule has 2 N–H and O–H groups in total. The molecular weight excluding hydrogens is 356 g/mol. The molecule has 0 amide bonds. The summed E-state index contributed by atoms with van der Waals surface area (Å²) in [5.74, 6) is 0.589. The monoisotopic (exact) mass is 372 g/mol. The molecule has 1 aliphatic carbocycles. The van der Waals surface area contributed by atoms with Crippen LogP contribution in [0.4, 0.5) is 5.69 Å². The fourth-order valence-electron chi connectivity index (χ4n) is 3.74. The number of ether oxygens (including phenoxy) is 1. The third kappa shape index (κ3) is 2.77. The molecule has 1 aliphatic heterocycles. The van der Waals surface area contributed by atoms with Gasteiger partial charge in [-0.2, -0.15) is 0 Å². The minimum atomic E-state index is -3.80. The normalized spacial score (nSPS) is 23.8. The molecule has 0 spiro atoms. The first-order valence-corrected chi connectivity index (χ1v) is 9.63. The topological polar surface area (TPSA) is 113 Å². The number of hydrogen-bond donors (Lipinski definition) is 1. The van der Waals surface area contributed by atoms with Crippen LogP contribution in [0.25, 0.3) is 0 Å². The Morgan fingerprint density at radius 3 is 2.73 bits per heavy atom. The van der Waals surface area contributed by atoms with Crippen molar-refractivity contribution in [3.63, 3.8) is 0 Å². The van der Waals surface area contributed by atoms with Gasteiger partial charge in [-0.05, 0) is 30.2 Å². The number of benzene rings is 2. The number of nitrogens with two attached hydrogens (primary N) is 1. The van der Waals surface area contributed by atoms with Crippen molar-refractivity contribution >= 4 is 15.7 Å². The van der Waals surface area contributed by atoms with Gasteiger partial charge in [0, 0.05) is 29.5 Å². The maximum atomic E-state index is 11.7. The van der Waals surface area contributed by atoms with Gasteiger partial charge in [0.1, 0.15) is 11.9 Å². The maximum absolute atomic E-state index is 11.7. The Bertz CT molecular complexity index is 1030. The van der Waals surface area contributed by atoms with E-state index in [1.807, 2.05) is 18.2 Å². The van der Waals surface area contributed by atoms with Crippen molar-refractivity contribution in [2.24, 2.45) is 11.1 Å². The number of primary sulfonamides is 1. The van der Waals surface area contributed by atoms with Crippen LogP contribution in [0.3, 0.4) is 0 Å². The summed E-state index contributed by atoms with van der Waals surface area (Å²) >= 11 is 0. The van der Waals surface area contributed by atoms with Gasteiger partial charge < -0.3 is 4.74 Å². The maximum Gasteiger partial charge on any atom is 0.269 e. The summed E-state index contributed by atoms with van der Waals surface area (Å²) in [6.07, 6.45) is 4.46. The molecule has 0 aromatic heterocycles. The van der Waals surface area contributed by atoms with Crippen molar-refractivity contribution in [2.75, 3.05) is 0 Å². The second-order valence-electron chi connectivity index (χ2n) is 6.49. The molecule has 4 rings (SSSR count). The molecule has 2 aromatic carbocycles. The van der Waals surface area contributed by atoms with E-state index in [1.54, 1.807) is 18.2 Å². The Balaban J connectivity index is 1.78. The van der Waals surface area contributed by atoms with Crippen LogP contribution < -0.4 is 9.88 Å². The van der Waals surface area contributed by atoms with Gasteiger partial charge in [-0.15, -0.1) is 0 Å². The van der Waals surface area contributed by atoms with Crippen molar-refractivity contribution in [1.29, 1.82) is 0 Å². The van der Waals surface area contributed by atoms with E-state index < -0.39 is 14.9 Å². The molecule has 3 unspecified atom stereocenters. The molecule has 2 aliphatic rings. The third-order valence-corrected chi connectivity index (χ3v) is 5.85. The zero-order valence-electron chi connectivity index (χ0n) is 13.6. The average Bonchev–Trinajstić information content (AvgIpc) is 3.10. The van der Waals surface area contributed by atoms with Gasteiger partial charge in [-0.1, -0.05) is 24.3 Å². The van der Waals surface area contributed by atoms with Crippen LogP contribution in [0, 0.1) is 16.0 Å². The van der Waals surface area contributed by atoms with Gasteiger partial charge in [0.05, 0.1) is 9.82 Å². The Morgan fingerprint density at radius 1 is 1.19 bits per heavy atom. The number of nitro groups is 1. The number of hydrogen-bond acceptors (Lipinski definition) is 5. The van der Waals surface area contributed by atoms with Gasteiger partial charge in [-0.3, -0.25) is 10.1 Å². The Morgan fingerprint density at radius 2 is 2.00 bits per heavy atom. The summed E-state index contributed by atoms with van der Waals surface area (Å²) in [4.78, 5) is 10.7. The van der Waals surface area contributed by atoms with E-state index in [4.69, 9.17) is 9.88 Å². The largest absolute Gasteiger partial charge is 0.485 e. The minimum Gasteiger partial charge on any atom is -0.485 e. The Labute approximate surface area is 150 Å². The zero-order chi connectivity index (χ0) is 18.5. The van der Waals surface area contributed by atoms with Gasteiger partial charge in [0.15, 0.2) is 0 Å². The molecule has 0 radical (unpaired) electrons. The molecule has 0 bridgehead atoms. The first kappa shape index (κ1) is 16.7. The molecule has 1 heterocycles. The minimum absolute atomic E-state index is 0.0176. The SMILES string of the molecule is NS(=O)(=O)c1ccc2c(c1)C1C=CCC1C(c1cccc([N+](=O)[O-])c1)O2. The summed E-state index contributed by atoms with van der Waals surface area (Å²) < 4.78 is 29.4. The highest BCUT2D eigenvalue weighted by Crippen LogP contribution is 2.51. The van der Waals surface area contributed by atoms with Crippen molar-refractivity contribution in [3.05, 3.63) is 75.9 Å². The molecule has 0 fully saturated rings. The standard InChI is InChI=1S/C18H16N2O5S/c19-26(23,24)13-7-8-17-16(10-13)14-5-2-6-15(14)18(25-17)11-3-1-4-12(9-11)20(21)22/h1-5,7-10,14-15,18H,6H2,(H2,19,23,24). The summed E-state index contributed by atoms with van der Waals surface area (Å²) in [5.41, 5.74) is 1.53. The van der Waals surface area contributed by atoms with E-state index in [9.17, 15) is 18.5 Å². The number of nitro benzene ring substituents is 1. The van der Waals surface area contributed by atoms with Crippen LogP contribution in [0.1, 0.15) is 29.6 Å². The highest BCUT2D eigenvalue weighted by atomic mass is 32.2. The fraction of sp³-hybridized carbons (Fsp3) is 0.222. The van der Waals surface area contributed by atoms with E-state index in [0.29, 0.717) is 5.75 Å². The molecule has 26 heavy (non-hydrogen) atoms. The van der Waals surface area contributed by atoms with Crippen molar-refractivity contribution < 1.29 is 18.1 Å². The molecular formula is C18H16N2O5S. The van der Waals surface area contributed by atoms with E-state index in [0.717, 1.165) is 17.5 Å². The average molecular weight is 372 g/mol. The lowest BCUT2D eigenvalue weighted by Crippen LogP contribution is -2.27. The third-order valence-electron chi connectivity index (χ3n) is 4.93. The van der Waals surface area contributed by atoms with Crippen LogP contribution in [0.2, 0.25) is 0 Å². The second kappa shape index (κ2) is 5.93. The quantitative estimate of drug-likeness (QED) is 0.505. The van der Waals surface area contributed by atoms with Gasteiger partial charge >= 0.3 is 0 Å². The zero-order valence-corrected chi connectivity index (χ0v) is 14.4. The van der Waals surface area contributed by atoms with Crippen LogP contribution in [-0.2, 0) is 10.0 Å². The fourth-order valence-corrected chi connectivity index (χ4v) is 4.29. The first-order chi connectivity index (χ1) is 12.3. The molecule has 7 nitrogen and oxygen atoms in total. The number of non-ortho nitro benzene ring substituents is 1. The lowest BCUT2D eigenvalue weighted by Gasteiger charge is -2.36. The molecule has 2 aromatic rings. The van der Waals surface area contributed by atoms with Crippen LogP contribution in [0.15, 0.2) is 59.5 Å². The van der Waals surface area contributed by atoms with E-state index >= 15 is 0 Å². The van der Waals surface area contributed by atoms with E-state index in [1.165, 1.54) is 18.2 Å². The number of fused-ring (bicyclic) bond motifs is 3. The molecule has 134 valence electrons. The molecule has 8 heteroatoms. The molecule has 0 saturated carbocycles. The second-order valence-corrected chi connectivity index (χ2v) is 8.05. The number of rotatable bonds is 3. The Kier molecular flexibility index (Phi) is 3.82. The van der Waals surface area contributed by atoms with Gasteiger partial charge in [0.2, 0.25) is 10.0 Å². The van der Waals surface area contributed by atoms with Gasteiger partial charge in [0.25, 0.3) is 5.69 Å². The number of sulfonamides is 1. The van der Waals surface area contributed by atoms with Crippen molar-refractivity contribution in [3.8, 4) is 5.75 Å². The van der Waals surface area contributed by atoms with Crippen LogP contribution in [0.5, 0.6) is 5.75 Å². The molecule has 0 saturated heterocycles.